The highest BCUT2D eigenvalue weighted by molar-refractivity contribution is 5.75. The van der Waals surface area contributed by atoms with Crippen molar-refractivity contribution >= 4 is 5.97 Å². The van der Waals surface area contributed by atoms with Gasteiger partial charge in [-0.2, -0.15) is 0 Å². The van der Waals surface area contributed by atoms with Gasteiger partial charge in [0.25, 0.3) is 5.79 Å². The van der Waals surface area contributed by atoms with Crippen LogP contribution >= 0.6 is 0 Å². The fourth-order valence-corrected chi connectivity index (χ4v) is 4.10. The van der Waals surface area contributed by atoms with Crippen molar-refractivity contribution in [3.8, 4) is 0 Å². The van der Waals surface area contributed by atoms with Crippen LogP contribution in [0.2, 0.25) is 0 Å². The van der Waals surface area contributed by atoms with Crippen molar-refractivity contribution in [1.29, 1.82) is 0 Å². The molecule has 3 fully saturated rings. The average Bonchev–Trinajstić information content (AvgIpc) is 3.14. The van der Waals surface area contributed by atoms with Crippen molar-refractivity contribution < 1.29 is 38.7 Å². The second kappa shape index (κ2) is 7.12. The van der Waals surface area contributed by atoms with E-state index in [0.29, 0.717) is 13.0 Å². The first-order chi connectivity index (χ1) is 13.0. The lowest BCUT2D eigenvalue weighted by molar-refractivity contribution is -0.448. The molecule has 3 saturated heterocycles. The molecular formula is C19H24O8. The van der Waals surface area contributed by atoms with E-state index < -0.39 is 42.0 Å². The summed E-state index contributed by atoms with van der Waals surface area (Å²) in [5.41, 5.74) is 0.760. The van der Waals surface area contributed by atoms with Gasteiger partial charge in [0.1, 0.15) is 18.3 Å². The Kier molecular flexibility index (Phi) is 4.96. The molecule has 27 heavy (non-hydrogen) atoms. The van der Waals surface area contributed by atoms with Crippen LogP contribution in [-0.4, -0.2) is 66.7 Å². The van der Waals surface area contributed by atoms with Gasteiger partial charge in [-0.05, 0) is 12.8 Å². The number of aliphatic hydroxyl groups excluding tert-OH is 2. The maximum absolute atomic E-state index is 11.7. The van der Waals surface area contributed by atoms with Crippen LogP contribution in [0.25, 0.3) is 0 Å². The zero-order chi connectivity index (χ0) is 19.1. The number of ether oxygens (including phenoxy) is 5. The molecular weight excluding hydrogens is 356 g/mol. The zero-order valence-corrected chi connectivity index (χ0v) is 15.1. The van der Waals surface area contributed by atoms with E-state index in [-0.39, 0.29) is 6.61 Å². The van der Waals surface area contributed by atoms with E-state index >= 15 is 0 Å². The predicted octanol–water partition coefficient (Wildman–Crippen LogP) is 0.445. The first-order valence-corrected chi connectivity index (χ1v) is 9.16. The van der Waals surface area contributed by atoms with Crippen molar-refractivity contribution in [3.05, 3.63) is 35.9 Å². The number of hydrogen-bond acceptors (Lipinski definition) is 8. The third-order valence-electron chi connectivity index (χ3n) is 5.45. The first kappa shape index (κ1) is 18.8. The van der Waals surface area contributed by atoms with Crippen molar-refractivity contribution in [2.75, 3.05) is 20.3 Å². The molecule has 3 aliphatic rings. The van der Waals surface area contributed by atoms with E-state index in [0.717, 1.165) is 25.5 Å². The molecule has 6 atom stereocenters. The topological polar surface area (TPSA) is 104 Å². The minimum Gasteiger partial charge on any atom is -0.467 e. The third-order valence-corrected chi connectivity index (χ3v) is 5.45. The van der Waals surface area contributed by atoms with Crippen LogP contribution < -0.4 is 0 Å². The number of carbonyl (C=O) groups excluding carboxylic acids is 1. The summed E-state index contributed by atoms with van der Waals surface area (Å²) in [6.45, 7) is 0.587. The van der Waals surface area contributed by atoms with E-state index in [9.17, 15) is 15.0 Å². The quantitative estimate of drug-likeness (QED) is 0.726. The summed E-state index contributed by atoms with van der Waals surface area (Å²) in [5, 5.41) is 20.7. The second-order valence-electron chi connectivity index (χ2n) is 7.05. The summed E-state index contributed by atoms with van der Waals surface area (Å²) in [6.07, 6.45) is -2.78. The fourth-order valence-electron chi connectivity index (χ4n) is 4.10. The van der Waals surface area contributed by atoms with E-state index in [1.807, 2.05) is 30.3 Å². The molecule has 0 saturated carbocycles. The van der Waals surface area contributed by atoms with Gasteiger partial charge in [-0.3, -0.25) is 0 Å². The molecule has 0 radical (unpaired) electrons. The molecule has 1 aromatic rings. The van der Waals surface area contributed by atoms with Crippen LogP contribution in [0.3, 0.4) is 0 Å². The smallest absolute Gasteiger partial charge is 0.337 e. The molecule has 8 heteroatoms. The van der Waals surface area contributed by atoms with E-state index in [4.69, 9.17) is 18.9 Å². The molecule has 2 bridgehead atoms. The average molecular weight is 380 g/mol. The van der Waals surface area contributed by atoms with E-state index in [1.54, 1.807) is 0 Å². The number of methoxy groups -OCH3 is 1. The van der Waals surface area contributed by atoms with Crippen molar-refractivity contribution in [1.82, 2.24) is 0 Å². The van der Waals surface area contributed by atoms with Crippen molar-refractivity contribution in [2.45, 2.75) is 55.3 Å². The molecule has 4 rings (SSSR count). The Morgan fingerprint density at radius 1 is 1.19 bits per heavy atom. The monoisotopic (exact) mass is 380 g/mol. The molecule has 1 spiro atoms. The van der Waals surface area contributed by atoms with Gasteiger partial charge in [0.15, 0.2) is 6.10 Å². The summed E-state index contributed by atoms with van der Waals surface area (Å²) in [4.78, 5) is 11.7. The normalized spacial score (nSPS) is 37.7. The van der Waals surface area contributed by atoms with Gasteiger partial charge >= 0.3 is 5.97 Å². The number of carbonyl (C=O) groups is 1. The number of aliphatic hydroxyl groups is 2. The largest absolute Gasteiger partial charge is 0.467 e. The molecule has 0 amide bonds. The van der Waals surface area contributed by atoms with Gasteiger partial charge in [-0.25, -0.2) is 4.79 Å². The second-order valence-corrected chi connectivity index (χ2v) is 7.05. The first-order valence-electron chi connectivity index (χ1n) is 9.16. The lowest BCUT2D eigenvalue weighted by atomic mass is 9.88. The van der Waals surface area contributed by atoms with Crippen molar-refractivity contribution in [2.24, 2.45) is 0 Å². The van der Waals surface area contributed by atoms with E-state index in [1.165, 1.54) is 0 Å². The SMILES string of the molecule is COC(=O)[C@H](O)[C@@H](O)[C@@H]1O[C@]2(CCCCO2)[C@]2(c3ccccc3)OC[C@H]1O2. The summed E-state index contributed by atoms with van der Waals surface area (Å²) >= 11 is 0. The van der Waals surface area contributed by atoms with Gasteiger partial charge in [0, 0.05) is 12.0 Å². The number of rotatable bonds is 4. The maximum Gasteiger partial charge on any atom is 0.337 e. The van der Waals surface area contributed by atoms with Crippen LogP contribution in [0.4, 0.5) is 0 Å². The predicted molar refractivity (Wildman–Crippen MR) is 90.4 cm³/mol. The highest BCUT2D eigenvalue weighted by Gasteiger charge is 2.68. The Balaban J connectivity index is 1.70. The molecule has 8 nitrogen and oxygen atoms in total. The minimum absolute atomic E-state index is 0.135. The van der Waals surface area contributed by atoms with Crippen LogP contribution in [-0.2, 0) is 34.3 Å². The minimum atomic E-state index is -1.76. The highest BCUT2D eigenvalue weighted by Crippen LogP contribution is 2.54. The summed E-state index contributed by atoms with van der Waals surface area (Å²) in [5.74, 6) is -3.48. The lowest BCUT2D eigenvalue weighted by Crippen LogP contribution is -2.66. The molecule has 3 heterocycles. The molecule has 0 unspecified atom stereocenters. The van der Waals surface area contributed by atoms with E-state index in [2.05, 4.69) is 4.74 Å². The standard InChI is InChI=1S/C19H24O8/c1-23-17(22)15(21)14(20)16-13-11-25-19(26-13,12-7-3-2-4-8-12)18(27-16)9-5-6-10-24-18/h2-4,7-8,13-16,20-21H,5-6,9-11H2,1H3/t13-,14-,15-,16-,18-,19-/m1/s1. The van der Waals surface area contributed by atoms with Crippen LogP contribution in [0.15, 0.2) is 30.3 Å². The molecule has 3 aliphatic heterocycles. The molecule has 1 aromatic carbocycles. The van der Waals surface area contributed by atoms with Gasteiger partial charge in [0.2, 0.25) is 5.79 Å². The molecule has 2 N–H and O–H groups in total. The summed E-state index contributed by atoms with van der Waals surface area (Å²) in [7, 11) is 1.14. The summed E-state index contributed by atoms with van der Waals surface area (Å²) in [6, 6.07) is 9.41. The third kappa shape index (κ3) is 2.88. The highest BCUT2D eigenvalue weighted by atomic mass is 16.8. The Morgan fingerprint density at radius 2 is 1.96 bits per heavy atom. The van der Waals surface area contributed by atoms with Crippen LogP contribution in [0.5, 0.6) is 0 Å². The number of fused-ring (bicyclic) bond motifs is 3. The maximum atomic E-state index is 11.7. The Morgan fingerprint density at radius 3 is 2.63 bits per heavy atom. The molecule has 148 valence electrons. The number of benzene rings is 1. The zero-order valence-electron chi connectivity index (χ0n) is 15.1. The fraction of sp³-hybridized carbons (Fsp3) is 0.632. The van der Waals surface area contributed by atoms with Gasteiger partial charge in [-0.1, -0.05) is 30.3 Å². The van der Waals surface area contributed by atoms with Gasteiger partial charge in [0.05, 0.1) is 20.3 Å². The van der Waals surface area contributed by atoms with Crippen LogP contribution in [0.1, 0.15) is 24.8 Å². The Hall–Kier alpha value is -1.55. The lowest BCUT2D eigenvalue weighted by Gasteiger charge is -2.52. The molecule has 0 aliphatic carbocycles. The Bertz CT molecular complexity index is 674. The number of hydrogen-bond donors (Lipinski definition) is 2. The Labute approximate surface area is 156 Å². The molecule has 0 aromatic heterocycles. The van der Waals surface area contributed by atoms with Crippen molar-refractivity contribution in [3.63, 3.8) is 0 Å². The van der Waals surface area contributed by atoms with Gasteiger partial charge < -0.3 is 33.9 Å². The summed E-state index contributed by atoms with van der Waals surface area (Å²) < 4.78 is 29.2. The number of esters is 1. The van der Waals surface area contributed by atoms with Gasteiger partial charge in [-0.15, -0.1) is 0 Å². The van der Waals surface area contributed by atoms with Crippen LogP contribution in [0, 0.1) is 0 Å².